The van der Waals surface area contributed by atoms with Gasteiger partial charge in [-0.2, -0.15) is 0 Å². The van der Waals surface area contributed by atoms with Crippen LogP contribution in [0.15, 0.2) is 47.8 Å². The molecule has 2 aromatic heterocycles. The number of benzene rings is 1. The maximum absolute atomic E-state index is 12.7. The van der Waals surface area contributed by atoms with E-state index in [0.717, 1.165) is 4.88 Å². The Morgan fingerprint density at radius 1 is 1.14 bits per heavy atom. The number of thiophene rings is 1. The van der Waals surface area contributed by atoms with Crippen molar-refractivity contribution in [2.24, 2.45) is 5.92 Å². The van der Waals surface area contributed by atoms with Gasteiger partial charge in [0, 0.05) is 11.9 Å². The number of hydrogen-bond acceptors (Lipinski definition) is 6. The van der Waals surface area contributed by atoms with Gasteiger partial charge in [0.05, 0.1) is 21.7 Å². The van der Waals surface area contributed by atoms with Crippen molar-refractivity contribution in [2.45, 2.75) is 13.8 Å². The van der Waals surface area contributed by atoms with Crippen LogP contribution in [0.3, 0.4) is 0 Å². The number of amides is 3. The molecule has 2 N–H and O–H groups in total. The lowest BCUT2D eigenvalue weighted by Crippen LogP contribution is -2.42. The number of hydrogen-bond donors (Lipinski definition) is 2. The van der Waals surface area contributed by atoms with Crippen molar-refractivity contribution < 1.29 is 19.1 Å². The number of para-hydroxylation sites is 1. The fourth-order valence-electron chi connectivity index (χ4n) is 2.61. The van der Waals surface area contributed by atoms with E-state index in [-0.39, 0.29) is 5.92 Å². The molecular weight excluding hydrogens is 390 g/mol. The van der Waals surface area contributed by atoms with Crippen molar-refractivity contribution in [2.75, 3.05) is 13.2 Å². The van der Waals surface area contributed by atoms with Crippen molar-refractivity contribution in [1.29, 1.82) is 0 Å². The smallest absolute Gasteiger partial charge is 0.339 e. The molecular formula is C21H21N3O4S. The number of aromatic nitrogens is 1. The van der Waals surface area contributed by atoms with Crippen LogP contribution >= 0.6 is 11.3 Å². The molecule has 3 aromatic rings. The van der Waals surface area contributed by atoms with Crippen LogP contribution in [0.5, 0.6) is 0 Å². The molecule has 0 fully saturated rings. The van der Waals surface area contributed by atoms with Gasteiger partial charge in [-0.1, -0.05) is 38.1 Å². The molecule has 3 amide bonds. The molecule has 7 nitrogen and oxygen atoms in total. The van der Waals surface area contributed by atoms with E-state index in [4.69, 9.17) is 4.74 Å². The highest BCUT2D eigenvalue weighted by atomic mass is 32.1. The molecule has 150 valence electrons. The second-order valence-corrected chi connectivity index (χ2v) is 7.73. The Kier molecular flexibility index (Phi) is 6.56. The predicted octanol–water partition coefficient (Wildman–Crippen LogP) is 3.60. The highest BCUT2D eigenvalue weighted by Crippen LogP contribution is 2.28. The Bertz CT molecular complexity index is 1030. The molecule has 0 radical (unpaired) electrons. The average Bonchev–Trinajstić information content (AvgIpc) is 3.24. The largest absolute Gasteiger partial charge is 0.452 e. The summed E-state index contributed by atoms with van der Waals surface area (Å²) in [4.78, 5) is 41.7. The standard InChI is InChI=1S/C21H21N3O4S/c1-13(2)11-22-21(27)24-19(25)12-28-20(26)15-10-17(18-8-5-9-29-18)23-16-7-4-3-6-14(15)16/h3-10,13H,11-12H2,1-2H3,(H2,22,24,25,27). The van der Waals surface area contributed by atoms with Gasteiger partial charge in [0.2, 0.25) is 0 Å². The van der Waals surface area contributed by atoms with Crippen LogP contribution < -0.4 is 10.6 Å². The van der Waals surface area contributed by atoms with Gasteiger partial charge >= 0.3 is 12.0 Å². The summed E-state index contributed by atoms with van der Waals surface area (Å²) in [5.74, 6) is -1.10. The quantitative estimate of drug-likeness (QED) is 0.604. The van der Waals surface area contributed by atoms with Crippen molar-refractivity contribution in [3.8, 4) is 10.6 Å². The number of carbonyl (C=O) groups excluding carboxylic acids is 3. The summed E-state index contributed by atoms with van der Waals surface area (Å²) in [6.07, 6.45) is 0. The molecule has 3 rings (SSSR count). The fourth-order valence-corrected chi connectivity index (χ4v) is 3.29. The molecule has 0 aliphatic carbocycles. The lowest BCUT2D eigenvalue weighted by atomic mass is 10.1. The van der Waals surface area contributed by atoms with Crippen LogP contribution in [0.25, 0.3) is 21.5 Å². The monoisotopic (exact) mass is 411 g/mol. The Morgan fingerprint density at radius 3 is 2.66 bits per heavy atom. The molecule has 0 bridgehead atoms. The van der Waals surface area contributed by atoms with Crippen molar-refractivity contribution in [1.82, 2.24) is 15.6 Å². The van der Waals surface area contributed by atoms with E-state index in [9.17, 15) is 14.4 Å². The SMILES string of the molecule is CC(C)CNC(=O)NC(=O)COC(=O)c1cc(-c2cccs2)nc2ccccc12. The number of fused-ring (bicyclic) bond motifs is 1. The van der Waals surface area contributed by atoms with Crippen molar-refractivity contribution >= 4 is 40.1 Å². The van der Waals surface area contributed by atoms with E-state index in [1.807, 2.05) is 43.5 Å². The first kappa shape index (κ1) is 20.5. The third kappa shape index (κ3) is 5.39. The summed E-state index contributed by atoms with van der Waals surface area (Å²) in [5, 5.41) is 7.26. The minimum atomic E-state index is -0.698. The van der Waals surface area contributed by atoms with E-state index >= 15 is 0 Å². The van der Waals surface area contributed by atoms with E-state index in [0.29, 0.717) is 28.7 Å². The second-order valence-electron chi connectivity index (χ2n) is 6.78. The summed E-state index contributed by atoms with van der Waals surface area (Å²) in [7, 11) is 0. The van der Waals surface area contributed by atoms with E-state index in [2.05, 4.69) is 15.6 Å². The third-order valence-corrected chi connectivity index (χ3v) is 4.86. The number of pyridine rings is 1. The molecule has 0 saturated heterocycles. The van der Waals surface area contributed by atoms with Crippen LogP contribution in [0.1, 0.15) is 24.2 Å². The molecule has 0 unspecified atom stereocenters. The van der Waals surface area contributed by atoms with Gasteiger partial charge in [-0.3, -0.25) is 10.1 Å². The van der Waals surface area contributed by atoms with Crippen LogP contribution in [-0.4, -0.2) is 36.0 Å². The number of carbonyl (C=O) groups is 3. The molecule has 8 heteroatoms. The summed E-state index contributed by atoms with van der Waals surface area (Å²) >= 11 is 1.51. The number of nitrogens with zero attached hydrogens (tertiary/aromatic N) is 1. The van der Waals surface area contributed by atoms with Crippen LogP contribution in [0.4, 0.5) is 4.79 Å². The number of esters is 1. The fraction of sp³-hybridized carbons (Fsp3) is 0.238. The van der Waals surface area contributed by atoms with Crippen molar-refractivity contribution in [3.05, 3.63) is 53.4 Å². The Hall–Kier alpha value is -3.26. The average molecular weight is 411 g/mol. The number of rotatable bonds is 6. The molecule has 0 aliphatic rings. The van der Waals surface area contributed by atoms with Gasteiger partial charge in [0.25, 0.3) is 5.91 Å². The molecule has 0 aliphatic heterocycles. The first-order valence-corrected chi connectivity index (χ1v) is 10.0. The normalized spacial score (nSPS) is 10.7. The number of nitrogens with one attached hydrogen (secondary N) is 2. The van der Waals surface area contributed by atoms with Crippen LogP contribution in [-0.2, 0) is 9.53 Å². The second kappa shape index (κ2) is 9.29. The zero-order valence-corrected chi connectivity index (χ0v) is 16.9. The summed E-state index contributed by atoms with van der Waals surface area (Å²) < 4.78 is 5.14. The molecule has 0 saturated carbocycles. The maximum Gasteiger partial charge on any atom is 0.339 e. The summed E-state index contributed by atoms with van der Waals surface area (Å²) in [6.45, 7) is 3.76. The zero-order valence-electron chi connectivity index (χ0n) is 16.1. The Morgan fingerprint density at radius 2 is 1.93 bits per heavy atom. The van der Waals surface area contributed by atoms with E-state index < -0.39 is 24.5 Å². The van der Waals surface area contributed by atoms with E-state index in [1.54, 1.807) is 18.2 Å². The number of imide groups is 1. The van der Waals surface area contributed by atoms with Gasteiger partial charge < -0.3 is 10.1 Å². The highest BCUT2D eigenvalue weighted by Gasteiger charge is 2.17. The molecule has 0 atom stereocenters. The van der Waals surface area contributed by atoms with Gasteiger partial charge in [0.1, 0.15) is 0 Å². The summed E-state index contributed by atoms with van der Waals surface area (Å²) in [6, 6.07) is 12.1. The van der Waals surface area contributed by atoms with Crippen molar-refractivity contribution in [3.63, 3.8) is 0 Å². The Balaban J connectivity index is 1.72. The first-order valence-electron chi connectivity index (χ1n) is 9.12. The molecule has 29 heavy (non-hydrogen) atoms. The Labute approximate surface area is 172 Å². The lowest BCUT2D eigenvalue weighted by molar-refractivity contribution is -0.123. The van der Waals surface area contributed by atoms with Gasteiger partial charge in [-0.15, -0.1) is 11.3 Å². The van der Waals surface area contributed by atoms with Gasteiger partial charge in [-0.05, 0) is 29.5 Å². The number of urea groups is 1. The highest BCUT2D eigenvalue weighted by molar-refractivity contribution is 7.13. The zero-order chi connectivity index (χ0) is 20.8. The summed E-state index contributed by atoms with van der Waals surface area (Å²) in [5.41, 5.74) is 1.63. The predicted molar refractivity (Wildman–Crippen MR) is 112 cm³/mol. The maximum atomic E-state index is 12.7. The topological polar surface area (TPSA) is 97.4 Å². The van der Waals surface area contributed by atoms with Crippen LogP contribution in [0, 0.1) is 5.92 Å². The van der Waals surface area contributed by atoms with Gasteiger partial charge in [0.15, 0.2) is 6.61 Å². The molecule has 0 spiro atoms. The molecule has 1 aromatic carbocycles. The van der Waals surface area contributed by atoms with Gasteiger partial charge in [-0.25, -0.2) is 14.6 Å². The lowest BCUT2D eigenvalue weighted by Gasteiger charge is -2.10. The van der Waals surface area contributed by atoms with E-state index in [1.165, 1.54) is 11.3 Å². The minimum Gasteiger partial charge on any atom is -0.452 e. The number of ether oxygens (including phenoxy) is 1. The van der Waals surface area contributed by atoms with Crippen LogP contribution in [0.2, 0.25) is 0 Å². The third-order valence-electron chi connectivity index (χ3n) is 3.97. The first-order chi connectivity index (χ1) is 13.9. The minimum absolute atomic E-state index is 0.256. The molecule has 2 heterocycles.